The fourth-order valence-corrected chi connectivity index (χ4v) is 5.87. The summed E-state index contributed by atoms with van der Waals surface area (Å²) in [5, 5.41) is 6.14. The Morgan fingerprint density at radius 1 is 1.03 bits per heavy atom. The molecule has 0 aliphatic carbocycles. The number of amides is 2. The average Bonchev–Trinajstić information content (AvgIpc) is 2.75. The van der Waals surface area contributed by atoms with Crippen molar-refractivity contribution < 1.29 is 13.2 Å². The second kappa shape index (κ2) is 10.6. The molecule has 0 saturated carbocycles. The van der Waals surface area contributed by atoms with Crippen molar-refractivity contribution >= 4 is 21.7 Å². The molecule has 2 amide bonds. The first-order valence-corrected chi connectivity index (χ1v) is 12.6. The number of nitrogens with zero attached hydrogens (tertiary/aromatic N) is 2. The van der Waals surface area contributed by atoms with Gasteiger partial charge in [-0.05, 0) is 74.9 Å². The van der Waals surface area contributed by atoms with Gasteiger partial charge in [-0.25, -0.2) is 13.2 Å². The number of hydrogen-bond donors (Lipinski definition) is 2. The monoisotopic (exact) mass is 436 g/mol. The van der Waals surface area contributed by atoms with Crippen molar-refractivity contribution in [1.82, 2.24) is 14.5 Å². The molecule has 1 aromatic carbocycles. The van der Waals surface area contributed by atoms with Gasteiger partial charge < -0.3 is 15.5 Å². The van der Waals surface area contributed by atoms with Crippen molar-refractivity contribution in [2.75, 3.05) is 45.6 Å². The van der Waals surface area contributed by atoms with Gasteiger partial charge in [-0.3, -0.25) is 0 Å². The van der Waals surface area contributed by atoms with Crippen LogP contribution in [0.15, 0.2) is 29.2 Å². The van der Waals surface area contributed by atoms with Crippen LogP contribution in [0, 0.1) is 11.8 Å². The number of carbonyl (C=O) groups is 1. The summed E-state index contributed by atoms with van der Waals surface area (Å²) >= 11 is 0. The number of benzene rings is 1. The van der Waals surface area contributed by atoms with Crippen molar-refractivity contribution in [3.05, 3.63) is 24.3 Å². The lowest BCUT2D eigenvalue weighted by Crippen LogP contribution is -2.38. The standard InChI is InChI=1S/C22H36N4O3S/c1-25(2)22(27)24-20-6-8-21(9-7-20)30(28,29)26-16-12-19(13-17-26)5-3-4-18-10-14-23-15-11-18/h6-9,18-19,23H,3-5,10-17H2,1-2H3,(H,24,27). The normalized spacial score (nSPS) is 19.5. The van der Waals surface area contributed by atoms with Crippen LogP contribution >= 0.6 is 0 Å². The van der Waals surface area contributed by atoms with E-state index in [1.807, 2.05) is 0 Å². The molecule has 7 nitrogen and oxygen atoms in total. The number of urea groups is 1. The van der Waals surface area contributed by atoms with Crippen molar-refractivity contribution in [3.63, 3.8) is 0 Å². The summed E-state index contributed by atoms with van der Waals surface area (Å²) in [5.41, 5.74) is 0.583. The predicted molar refractivity (Wildman–Crippen MR) is 120 cm³/mol. The topological polar surface area (TPSA) is 81.8 Å². The predicted octanol–water partition coefficient (Wildman–Crippen LogP) is 3.35. The Balaban J connectivity index is 1.46. The molecular weight excluding hydrogens is 400 g/mol. The molecule has 0 unspecified atom stereocenters. The van der Waals surface area contributed by atoms with Crippen molar-refractivity contribution in [2.24, 2.45) is 11.8 Å². The summed E-state index contributed by atoms with van der Waals surface area (Å²) in [4.78, 5) is 13.4. The highest BCUT2D eigenvalue weighted by atomic mass is 32.2. The molecule has 2 heterocycles. The zero-order valence-corrected chi connectivity index (χ0v) is 19.1. The van der Waals surface area contributed by atoms with E-state index in [-0.39, 0.29) is 10.9 Å². The first-order valence-electron chi connectivity index (χ1n) is 11.2. The third-order valence-electron chi connectivity index (χ3n) is 6.41. The molecule has 8 heteroatoms. The molecule has 0 spiro atoms. The highest BCUT2D eigenvalue weighted by molar-refractivity contribution is 7.89. The molecule has 168 valence electrons. The minimum atomic E-state index is -3.48. The zero-order chi connectivity index (χ0) is 21.6. The number of carbonyl (C=O) groups excluding carboxylic acids is 1. The molecule has 0 radical (unpaired) electrons. The summed E-state index contributed by atoms with van der Waals surface area (Å²) in [6.07, 6.45) is 8.30. The number of hydrogen-bond acceptors (Lipinski definition) is 4. The molecule has 2 N–H and O–H groups in total. The lowest BCUT2D eigenvalue weighted by Gasteiger charge is -2.31. The van der Waals surface area contributed by atoms with Gasteiger partial charge in [0.15, 0.2) is 0 Å². The Kier molecular flexibility index (Phi) is 8.13. The quantitative estimate of drug-likeness (QED) is 0.687. The first-order chi connectivity index (χ1) is 14.4. The molecule has 2 fully saturated rings. The maximum atomic E-state index is 13.0. The van der Waals surface area contributed by atoms with Gasteiger partial charge in [0.1, 0.15) is 0 Å². The summed E-state index contributed by atoms with van der Waals surface area (Å²) in [5.74, 6) is 1.51. The minimum absolute atomic E-state index is 0.243. The lowest BCUT2D eigenvalue weighted by atomic mass is 9.87. The van der Waals surface area contributed by atoms with E-state index in [2.05, 4.69) is 10.6 Å². The summed E-state index contributed by atoms with van der Waals surface area (Å²) in [6.45, 7) is 3.51. The fraction of sp³-hybridized carbons (Fsp3) is 0.682. The molecule has 2 saturated heterocycles. The van der Waals surface area contributed by atoms with Crippen LogP contribution in [-0.4, -0.2) is 63.9 Å². The van der Waals surface area contributed by atoms with Crippen LogP contribution in [0.2, 0.25) is 0 Å². The zero-order valence-electron chi connectivity index (χ0n) is 18.3. The Bertz CT molecular complexity index is 781. The van der Waals surface area contributed by atoms with Crippen LogP contribution in [0.4, 0.5) is 10.5 Å². The third kappa shape index (κ3) is 6.18. The number of anilines is 1. The van der Waals surface area contributed by atoms with Gasteiger partial charge in [0.05, 0.1) is 4.90 Å². The van der Waals surface area contributed by atoms with Gasteiger partial charge in [-0.1, -0.05) is 19.3 Å². The van der Waals surface area contributed by atoms with Crippen LogP contribution < -0.4 is 10.6 Å². The molecule has 1 aromatic rings. The summed E-state index contributed by atoms with van der Waals surface area (Å²) in [6, 6.07) is 6.19. The van der Waals surface area contributed by atoms with Crippen LogP contribution in [-0.2, 0) is 10.0 Å². The molecule has 2 aliphatic heterocycles. The van der Waals surface area contributed by atoms with E-state index in [1.165, 1.54) is 37.0 Å². The molecule has 30 heavy (non-hydrogen) atoms. The molecule has 2 aliphatic rings. The maximum Gasteiger partial charge on any atom is 0.321 e. The highest BCUT2D eigenvalue weighted by Crippen LogP contribution is 2.29. The summed E-state index contributed by atoms with van der Waals surface area (Å²) < 4.78 is 27.6. The van der Waals surface area contributed by atoms with E-state index in [0.29, 0.717) is 24.7 Å². The van der Waals surface area contributed by atoms with E-state index in [1.54, 1.807) is 42.7 Å². The van der Waals surface area contributed by atoms with Gasteiger partial charge in [-0.2, -0.15) is 4.31 Å². The van der Waals surface area contributed by atoms with Crippen molar-refractivity contribution in [3.8, 4) is 0 Å². The van der Waals surface area contributed by atoms with E-state index in [4.69, 9.17) is 0 Å². The van der Waals surface area contributed by atoms with E-state index < -0.39 is 10.0 Å². The Morgan fingerprint density at radius 3 is 2.17 bits per heavy atom. The SMILES string of the molecule is CN(C)C(=O)Nc1ccc(S(=O)(=O)N2CCC(CCCC3CCNCC3)CC2)cc1. The molecule has 0 bridgehead atoms. The van der Waals surface area contributed by atoms with Crippen molar-refractivity contribution in [2.45, 2.75) is 49.8 Å². The molecule has 0 atom stereocenters. The van der Waals surface area contributed by atoms with Gasteiger partial charge in [0, 0.05) is 32.9 Å². The number of rotatable bonds is 7. The first kappa shape index (κ1) is 23.0. The largest absolute Gasteiger partial charge is 0.331 e. The van der Waals surface area contributed by atoms with Crippen LogP contribution in [0.25, 0.3) is 0 Å². The van der Waals surface area contributed by atoms with Crippen molar-refractivity contribution in [1.29, 1.82) is 0 Å². The second-order valence-electron chi connectivity index (χ2n) is 8.82. The number of sulfonamides is 1. The van der Waals surface area contributed by atoms with Crippen LogP contribution in [0.1, 0.15) is 44.9 Å². The van der Waals surface area contributed by atoms with E-state index in [0.717, 1.165) is 31.8 Å². The van der Waals surface area contributed by atoms with Gasteiger partial charge in [0.25, 0.3) is 0 Å². The van der Waals surface area contributed by atoms with Crippen LogP contribution in [0.3, 0.4) is 0 Å². The smallest absolute Gasteiger partial charge is 0.321 e. The maximum absolute atomic E-state index is 13.0. The number of piperidine rings is 2. The molecule has 3 rings (SSSR count). The van der Waals surface area contributed by atoms with E-state index >= 15 is 0 Å². The highest BCUT2D eigenvalue weighted by Gasteiger charge is 2.29. The van der Waals surface area contributed by atoms with Gasteiger partial charge in [-0.15, -0.1) is 0 Å². The molecule has 0 aromatic heterocycles. The third-order valence-corrected chi connectivity index (χ3v) is 8.32. The summed E-state index contributed by atoms with van der Waals surface area (Å²) in [7, 11) is -0.165. The average molecular weight is 437 g/mol. The van der Waals surface area contributed by atoms with E-state index in [9.17, 15) is 13.2 Å². The second-order valence-corrected chi connectivity index (χ2v) is 10.8. The molecular formula is C22H36N4O3S. The van der Waals surface area contributed by atoms with Gasteiger partial charge >= 0.3 is 6.03 Å². The Labute approximate surface area is 181 Å². The Hall–Kier alpha value is -1.64. The van der Waals surface area contributed by atoms with Crippen LogP contribution in [0.5, 0.6) is 0 Å². The minimum Gasteiger partial charge on any atom is -0.331 e. The lowest BCUT2D eigenvalue weighted by molar-refractivity contribution is 0.230. The Morgan fingerprint density at radius 2 is 1.60 bits per heavy atom. The number of nitrogens with one attached hydrogen (secondary N) is 2. The van der Waals surface area contributed by atoms with Gasteiger partial charge in [0.2, 0.25) is 10.0 Å². The fourth-order valence-electron chi connectivity index (χ4n) is 4.40.